The lowest BCUT2D eigenvalue weighted by molar-refractivity contribution is 0.0495. The normalized spacial score (nSPS) is 10.8. The first-order chi connectivity index (χ1) is 9.71. The number of aliphatic hydroxyl groups is 1. The minimum absolute atomic E-state index is 0.0132. The smallest absolute Gasteiger partial charge is 0.338 e. The highest BCUT2D eigenvalue weighted by Crippen LogP contribution is 2.06. The van der Waals surface area contributed by atoms with Crippen LogP contribution in [0, 0.1) is 0 Å². The van der Waals surface area contributed by atoms with Gasteiger partial charge in [-0.1, -0.05) is 26.0 Å². The molecular weight excluding hydrogens is 254 g/mol. The van der Waals surface area contributed by atoms with Crippen LogP contribution < -0.4 is 0 Å². The van der Waals surface area contributed by atoms with Crippen LogP contribution in [-0.2, 0) is 11.3 Å². The van der Waals surface area contributed by atoms with Gasteiger partial charge < -0.3 is 14.7 Å². The molecule has 0 unspecified atom stereocenters. The van der Waals surface area contributed by atoms with Crippen LogP contribution in [0.3, 0.4) is 0 Å². The largest absolute Gasteiger partial charge is 0.462 e. The van der Waals surface area contributed by atoms with Gasteiger partial charge in [0.05, 0.1) is 18.8 Å². The molecule has 1 aromatic carbocycles. The summed E-state index contributed by atoms with van der Waals surface area (Å²) in [5, 5.41) is 8.93. The minimum atomic E-state index is -0.294. The summed E-state index contributed by atoms with van der Waals surface area (Å²) in [4.78, 5) is 14.1. The third-order valence-electron chi connectivity index (χ3n) is 3.37. The van der Waals surface area contributed by atoms with Crippen molar-refractivity contribution in [3.05, 3.63) is 35.4 Å². The van der Waals surface area contributed by atoms with E-state index in [2.05, 4.69) is 18.7 Å². The number of rotatable bonds is 9. The number of ether oxygens (including phenoxy) is 1. The first-order valence-electron chi connectivity index (χ1n) is 7.30. The zero-order valence-corrected chi connectivity index (χ0v) is 12.5. The Bertz CT molecular complexity index is 385. The molecule has 0 amide bonds. The summed E-state index contributed by atoms with van der Waals surface area (Å²) in [6, 6.07) is 6.83. The van der Waals surface area contributed by atoms with Gasteiger partial charge >= 0.3 is 5.97 Å². The Morgan fingerprint density at radius 3 is 2.35 bits per heavy atom. The van der Waals surface area contributed by atoms with Gasteiger partial charge in [-0.2, -0.15) is 0 Å². The molecule has 0 aliphatic rings. The van der Waals surface area contributed by atoms with E-state index in [0.29, 0.717) is 12.2 Å². The second-order valence-electron chi connectivity index (χ2n) is 4.72. The highest BCUT2D eigenvalue weighted by Gasteiger charge is 2.06. The molecule has 1 rings (SSSR count). The van der Waals surface area contributed by atoms with Crippen molar-refractivity contribution in [1.29, 1.82) is 0 Å². The van der Waals surface area contributed by atoms with Crippen LogP contribution in [0.25, 0.3) is 0 Å². The molecule has 0 bridgehead atoms. The first kappa shape index (κ1) is 16.7. The Kier molecular flexibility index (Phi) is 7.92. The zero-order valence-electron chi connectivity index (χ0n) is 12.5. The van der Waals surface area contributed by atoms with E-state index in [0.717, 1.165) is 38.0 Å². The second-order valence-corrected chi connectivity index (χ2v) is 4.72. The fraction of sp³-hybridized carbons (Fsp3) is 0.562. The predicted molar refractivity (Wildman–Crippen MR) is 79.7 cm³/mol. The molecule has 0 saturated heterocycles. The number of aliphatic hydroxyl groups excluding tert-OH is 1. The minimum Gasteiger partial charge on any atom is -0.462 e. The molecule has 0 aromatic heterocycles. The number of hydrogen-bond acceptors (Lipinski definition) is 4. The molecular formula is C16H25NO3. The molecule has 0 heterocycles. The standard InChI is InChI=1S/C16H25NO3/c1-3-17(4-2)11-5-6-12-20-16(19)15-9-7-14(13-18)8-10-15/h7-10,18H,3-6,11-13H2,1-2H3. The highest BCUT2D eigenvalue weighted by atomic mass is 16.5. The Morgan fingerprint density at radius 1 is 1.15 bits per heavy atom. The summed E-state index contributed by atoms with van der Waals surface area (Å²) in [7, 11) is 0. The van der Waals surface area contributed by atoms with Crippen LogP contribution in [0.4, 0.5) is 0 Å². The topological polar surface area (TPSA) is 49.8 Å². The lowest BCUT2D eigenvalue weighted by atomic mass is 10.1. The maximum absolute atomic E-state index is 11.8. The molecule has 0 aliphatic heterocycles. The fourth-order valence-electron chi connectivity index (χ4n) is 1.97. The zero-order chi connectivity index (χ0) is 14.8. The van der Waals surface area contributed by atoms with E-state index in [-0.39, 0.29) is 12.6 Å². The van der Waals surface area contributed by atoms with Crippen LogP contribution in [0.2, 0.25) is 0 Å². The lowest BCUT2D eigenvalue weighted by Gasteiger charge is -2.17. The monoisotopic (exact) mass is 279 g/mol. The molecule has 0 fully saturated rings. The predicted octanol–water partition coefficient (Wildman–Crippen LogP) is 2.46. The van der Waals surface area contributed by atoms with Gasteiger partial charge in [0.1, 0.15) is 0 Å². The Morgan fingerprint density at radius 2 is 1.80 bits per heavy atom. The summed E-state index contributed by atoms with van der Waals surface area (Å²) in [6.45, 7) is 7.93. The third-order valence-corrected chi connectivity index (χ3v) is 3.37. The molecule has 0 atom stereocenters. The van der Waals surface area contributed by atoms with E-state index in [1.54, 1.807) is 24.3 Å². The van der Waals surface area contributed by atoms with E-state index < -0.39 is 0 Å². The SMILES string of the molecule is CCN(CC)CCCCOC(=O)c1ccc(CO)cc1. The third kappa shape index (κ3) is 5.72. The van der Waals surface area contributed by atoms with Crippen molar-refractivity contribution in [2.45, 2.75) is 33.3 Å². The summed E-state index contributed by atoms with van der Waals surface area (Å²) in [5.41, 5.74) is 1.33. The van der Waals surface area contributed by atoms with Crippen LogP contribution in [0.15, 0.2) is 24.3 Å². The maximum atomic E-state index is 11.8. The summed E-state index contributed by atoms with van der Waals surface area (Å²) < 4.78 is 5.23. The molecule has 4 heteroatoms. The average Bonchev–Trinajstić information content (AvgIpc) is 2.50. The molecule has 4 nitrogen and oxygen atoms in total. The number of carbonyl (C=O) groups is 1. The number of nitrogens with zero attached hydrogens (tertiary/aromatic N) is 1. The number of carbonyl (C=O) groups excluding carboxylic acids is 1. The van der Waals surface area contributed by atoms with Crippen LogP contribution in [0.1, 0.15) is 42.6 Å². The van der Waals surface area contributed by atoms with Crippen molar-refractivity contribution in [3.8, 4) is 0 Å². The van der Waals surface area contributed by atoms with E-state index in [1.807, 2.05) is 0 Å². The van der Waals surface area contributed by atoms with Gasteiger partial charge in [0.2, 0.25) is 0 Å². The first-order valence-corrected chi connectivity index (χ1v) is 7.30. The highest BCUT2D eigenvalue weighted by molar-refractivity contribution is 5.89. The van der Waals surface area contributed by atoms with Crippen LogP contribution in [-0.4, -0.2) is 42.2 Å². The van der Waals surface area contributed by atoms with Gasteiger partial charge in [-0.3, -0.25) is 0 Å². The Balaban J connectivity index is 2.22. The molecule has 0 saturated carbocycles. The van der Waals surface area contributed by atoms with Gasteiger partial charge in [0, 0.05) is 0 Å². The summed E-state index contributed by atoms with van der Waals surface area (Å²) in [5.74, 6) is -0.294. The van der Waals surface area contributed by atoms with Crippen LogP contribution in [0.5, 0.6) is 0 Å². The van der Waals surface area contributed by atoms with Gasteiger partial charge in [-0.15, -0.1) is 0 Å². The molecule has 1 aromatic rings. The van der Waals surface area contributed by atoms with Crippen molar-refractivity contribution < 1.29 is 14.6 Å². The number of unbranched alkanes of at least 4 members (excludes halogenated alkanes) is 1. The maximum Gasteiger partial charge on any atom is 0.338 e. The van der Waals surface area contributed by atoms with Crippen molar-refractivity contribution in [3.63, 3.8) is 0 Å². The Hall–Kier alpha value is -1.39. The van der Waals surface area contributed by atoms with Gasteiger partial charge in [0.25, 0.3) is 0 Å². The van der Waals surface area contributed by atoms with Gasteiger partial charge in [-0.25, -0.2) is 4.79 Å². The molecule has 0 aliphatic carbocycles. The van der Waals surface area contributed by atoms with Crippen molar-refractivity contribution in [2.24, 2.45) is 0 Å². The quantitative estimate of drug-likeness (QED) is 0.557. The van der Waals surface area contributed by atoms with E-state index >= 15 is 0 Å². The molecule has 1 N–H and O–H groups in total. The van der Waals surface area contributed by atoms with Gasteiger partial charge in [0.15, 0.2) is 0 Å². The second kappa shape index (κ2) is 9.50. The number of hydrogen-bond donors (Lipinski definition) is 1. The molecule has 0 spiro atoms. The van der Waals surface area contributed by atoms with E-state index in [1.165, 1.54) is 0 Å². The lowest BCUT2D eigenvalue weighted by Crippen LogP contribution is -2.24. The fourth-order valence-corrected chi connectivity index (χ4v) is 1.97. The van der Waals surface area contributed by atoms with Crippen LogP contribution >= 0.6 is 0 Å². The summed E-state index contributed by atoms with van der Waals surface area (Å²) >= 11 is 0. The molecule has 0 radical (unpaired) electrons. The summed E-state index contributed by atoms with van der Waals surface area (Å²) in [6.07, 6.45) is 1.93. The van der Waals surface area contributed by atoms with E-state index in [4.69, 9.17) is 9.84 Å². The van der Waals surface area contributed by atoms with E-state index in [9.17, 15) is 4.79 Å². The van der Waals surface area contributed by atoms with Crippen molar-refractivity contribution in [1.82, 2.24) is 4.90 Å². The van der Waals surface area contributed by atoms with Gasteiger partial charge in [-0.05, 0) is 50.2 Å². The number of benzene rings is 1. The Labute approximate surface area is 121 Å². The average molecular weight is 279 g/mol. The van der Waals surface area contributed by atoms with Crippen molar-refractivity contribution in [2.75, 3.05) is 26.2 Å². The number of esters is 1. The molecule has 20 heavy (non-hydrogen) atoms. The van der Waals surface area contributed by atoms with Crippen molar-refractivity contribution >= 4 is 5.97 Å². The molecule has 112 valence electrons.